The molecule has 0 spiro atoms. The molecule has 0 nitrogen and oxygen atoms in total. The summed E-state index contributed by atoms with van der Waals surface area (Å²) in [4.78, 5) is 4.45. The van der Waals surface area contributed by atoms with Gasteiger partial charge in [-0.2, -0.15) is 10.9 Å². The molecule has 2 rings (SSSR count). The van der Waals surface area contributed by atoms with E-state index in [1.807, 2.05) is 11.3 Å². The van der Waals surface area contributed by atoms with E-state index in [9.17, 15) is 0 Å². The largest absolute Gasteiger partial charge is 0.185 e. The fraction of sp³-hybridized carbons (Fsp3) is 0.200. The predicted molar refractivity (Wildman–Crippen MR) is 59.3 cm³/mol. The van der Waals surface area contributed by atoms with Crippen molar-refractivity contribution in [2.24, 2.45) is 0 Å². The Hall–Kier alpha value is -0.470. The van der Waals surface area contributed by atoms with Gasteiger partial charge in [0.25, 0.3) is 0 Å². The topological polar surface area (TPSA) is 0 Å². The van der Waals surface area contributed by atoms with Crippen molar-refractivity contribution in [3.05, 3.63) is 38.8 Å². The molecular formula is C10H12S2. The first-order valence-corrected chi connectivity index (χ1v) is 6.27. The standard InChI is InChI=1S/C10H12S2/c1-8-7-10(9(2)11-8)12-5-3-4-6-12/h3-7,12H,1-2H3. The molecule has 2 heteroatoms. The molecule has 1 aromatic heterocycles. The summed E-state index contributed by atoms with van der Waals surface area (Å²) < 4.78 is 0. The van der Waals surface area contributed by atoms with E-state index in [4.69, 9.17) is 0 Å². The van der Waals surface area contributed by atoms with E-state index < -0.39 is 0 Å². The molecule has 0 aliphatic carbocycles. The highest BCUT2D eigenvalue weighted by Crippen LogP contribution is 2.46. The van der Waals surface area contributed by atoms with E-state index in [1.165, 1.54) is 14.6 Å². The van der Waals surface area contributed by atoms with Crippen LogP contribution in [-0.2, 0) is 0 Å². The normalized spacial score (nSPS) is 17.7. The van der Waals surface area contributed by atoms with Crippen LogP contribution in [0.1, 0.15) is 9.75 Å². The lowest BCUT2D eigenvalue weighted by atomic mass is 10.4. The maximum Gasteiger partial charge on any atom is 0.0142 e. The molecule has 0 atom stereocenters. The first kappa shape index (κ1) is 8.14. The van der Waals surface area contributed by atoms with Crippen LogP contribution in [0.25, 0.3) is 0 Å². The summed E-state index contributed by atoms with van der Waals surface area (Å²) in [5, 5.41) is 4.62. The summed E-state index contributed by atoms with van der Waals surface area (Å²) in [6.07, 6.45) is 4.30. The van der Waals surface area contributed by atoms with E-state index in [2.05, 4.69) is 42.9 Å². The minimum atomic E-state index is -0.0909. The first-order chi connectivity index (χ1) is 5.77. The number of hydrogen-bond acceptors (Lipinski definition) is 1. The van der Waals surface area contributed by atoms with E-state index in [1.54, 1.807) is 0 Å². The van der Waals surface area contributed by atoms with E-state index in [0.29, 0.717) is 0 Å². The maximum atomic E-state index is 2.33. The third-order valence-electron chi connectivity index (χ3n) is 1.90. The van der Waals surface area contributed by atoms with Crippen LogP contribution >= 0.6 is 22.2 Å². The van der Waals surface area contributed by atoms with Crippen LogP contribution in [-0.4, -0.2) is 0 Å². The number of thiophene rings is 1. The molecular weight excluding hydrogens is 184 g/mol. The second-order valence-corrected chi connectivity index (χ2v) is 6.24. The Kier molecular flexibility index (Phi) is 2.11. The Balaban J connectivity index is 2.39. The molecule has 0 radical (unpaired) electrons. The Bertz CT molecular complexity index is 333. The Morgan fingerprint density at radius 1 is 1.17 bits per heavy atom. The third-order valence-corrected chi connectivity index (χ3v) is 5.02. The smallest absolute Gasteiger partial charge is 0.0142 e. The molecule has 1 aliphatic heterocycles. The third kappa shape index (κ3) is 1.37. The van der Waals surface area contributed by atoms with Crippen LogP contribution in [0.3, 0.4) is 0 Å². The molecule has 0 bridgehead atoms. The van der Waals surface area contributed by atoms with Crippen LogP contribution in [0, 0.1) is 13.8 Å². The fourth-order valence-electron chi connectivity index (χ4n) is 1.37. The number of allylic oxidation sites excluding steroid dienone is 2. The van der Waals surface area contributed by atoms with Gasteiger partial charge in [-0.3, -0.25) is 0 Å². The average molecular weight is 196 g/mol. The van der Waals surface area contributed by atoms with Gasteiger partial charge in [-0.15, -0.1) is 11.3 Å². The molecule has 0 saturated heterocycles. The van der Waals surface area contributed by atoms with Crippen molar-refractivity contribution in [2.45, 2.75) is 18.7 Å². The molecule has 0 saturated carbocycles. The Morgan fingerprint density at radius 2 is 1.83 bits per heavy atom. The van der Waals surface area contributed by atoms with Gasteiger partial charge in [0.05, 0.1) is 0 Å². The van der Waals surface area contributed by atoms with Crippen molar-refractivity contribution in [1.29, 1.82) is 0 Å². The zero-order chi connectivity index (χ0) is 8.55. The molecule has 0 fully saturated rings. The van der Waals surface area contributed by atoms with E-state index in [-0.39, 0.29) is 10.9 Å². The van der Waals surface area contributed by atoms with Gasteiger partial charge in [-0.05, 0) is 30.7 Å². The highest BCUT2D eigenvalue weighted by molar-refractivity contribution is 8.22. The number of aryl methyl sites for hydroxylation is 2. The van der Waals surface area contributed by atoms with Gasteiger partial charge in [0.1, 0.15) is 0 Å². The summed E-state index contributed by atoms with van der Waals surface area (Å²) in [5.41, 5.74) is 0. The molecule has 12 heavy (non-hydrogen) atoms. The van der Waals surface area contributed by atoms with Crippen LogP contribution in [0.5, 0.6) is 0 Å². The second-order valence-electron chi connectivity index (χ2n) is 2.89. The quantitative estimate of drug-likeness (QED) is 0.649. The zero-order valence-electron chi connectivity index (χ0n) is 7.24. The maximum absolute atomic E-state index is 2.33. The lowest BCUT2D eigenvalue weighted by Crippen LogP contribution is -1.71. The van der Waals surface area contributed by atoms with Gasteiger partial charge >= 0.3 is 0 Å². The number of thiol groups is 1. The van der Waals surface area contributed by atoms with Gasteiger partial charge in [0.2, 0.25) is 0 Å². The van der Waals surface area contributed by atoms with Crippen LogP contribution in [0.2, 0.25) is 0 Å². The highest BCUT2D eigenvalue weighted by Gasteiger charge is 2.08. The lowest BCUT2D eigenvalue weighted by Gasteiger charge is -2.08. The van der Waals surface area contributed by atoms with Crippen molar-refractivity contribution in [1.82, 2.24) is 0 Å². The van der Waals surface area contributed by atoms with Gasteiger partial charge in [0, 0.05) is 14.6 Å². The molecule has 1 aliphatic rings. The molecule has 0 amide bonds. The van der Waals surface area contributed by atoms with Crippen LogP contribution < -0.4 is 0 Å². The molecule has 2 heterocycles. The summed E-state index contributed by atoms with van der Waals surface area (Å²) in [6.45, 7) is 4.40. The molecule has 64 valence electrons. The fourth-order valence-corrected chi connectivity index (χ4v) is 4.43. The predicted octanol–water partition coefficient (Wildman–Crippen LogP) is 3.77. The van der Waals surface area contributed by atoms with Crippen molar-refractivity contribution < 1.29 is 0 Å². The van der Waals surface area contributed by atoms with Crippen molar-refractivity contribution in [2.75, 3.05) is 0 Å². The van der Waals surface area contributed by atoms with Crippen LogP contribution in [0.4, 0.5) is 0 Å². The Labute approximate surface area is 80.0 Å². The van der Waals surface area contributed by atoms with E-state index >= 15 is 0 Å². The first-order valence-electron chi connectivity index (χ1n) is 3.98. The second kappa shape index (κ2) is 3.11. The molecule has 0 unspecified atom stereocenters. The summed E-state index contributed by atoms with van der Waals surface area (Å²) >= 11 is 1.90. The van der Waals surface area contributed by atoms with Gasteiger partial charge in [-0.25, -0.2) is 0 Å². The van der Waals surface area contributed by atoms with Gasteiger partial charge < -0.3 is 0 Å². The summed E-state index contributed by atoms with van der Waals surface area (Å²) in [7, 11) is -0.0909. The van der Waals surface area contributed by atoms with Crippen molar-refractivity contribution in [3.63, 3.8) is 0 Å². The highest BCUT2D eigenvalue weighted by atomic mass is 32.2. The molecule has 0 aromatic carbocycles. The molecule has 1 aromatic rings. The van der Waals surface area contributed by atoms with Crippen LogP contribution in [0.15, 0.2) is 33.9 Å². The zero-order valence-corrected chi connectivity index (χ0v) is 8.95. The average Bonchev–Trinajstić information content (AvgIpc) is 2.58. The summed E-state index contributed by atoms with van der Waals surface area (Å²) in [5.74, 6) is 0. The van der Waals surface area contributed by atoms with E-state index in [0.717, 1.165) is 0 Å². The van der Waals surface area contributed by atoms with Gasteiger partial charge in [-0.1, -0.05) is 12.2 Å². The minimum Gasteiger partial charge on any atom is -0.185 e. The lowest BCUT2D eigenvalue weighted by molar-refractivity contribution is 1.41. The minimum absolute atomic E-state index is 0.0909. The Morgan fingerprint density at radius 3 is 2.33 bits per heavy atom. The number of rotatable bonds is 1. The monoisotopic (exact) mass is 196 g/mol. The van der Waals surface area contributed by atoms with Crippen molar-refractivity contribution in [3.8, 4) is 0 Å². The van der Waals surface area contributed by atoms with Crippen molar-refractivity contribution >= 4 is 22.2 Å². The molecule has 0 N–H and O–H groups in total. The van der Waals surface area contributed by atoms with Gasteiger partial charge in [0.15, 0.2) is 0 Å². The SMILES string of the molecule is Cc1cc([SH]2C=CC=C2)c(C)s1. The summed E-state index contributed by atoms with van der Waals surface area (Å²) in [6, 6.07) is 2.33. The number of hydrogen-bond donors (Lipinski definition) is 1.